The first-order valence-electron chi connectivity index (χ1n) is 5.72. The maximum atomic E-state index is 9.25. The maximum Gasteiger partial charge on any atom is 0.258 e. The van der Waals surface area contributed by atoms with Crippen LogP contribution in [-0.2, 0) is 0 Å². The highest BCUT2D eigenvalue weighted by molar-refractivity contribution is 6.42. The van der Waals surface area contributed by atoms with Crippen LogP contribution in [-0.4, -0.2) is 15.2 Å². The monoisotopic (exact) mass is 306 g/mol. The van der Waals surface area contributed by atoms with E-state index in [1.165, 1.54) is 0 Å². The molecule has 0 fully saturated rings. The third-order valence-electron chi connectivity index (χ3n) is 2.72. The minimum absolute atomic E-state index is 0.179. The summed E-state index contributed by atoms with van der Waals surface area (Å²) in [5.41, 5.74) is 1.44. The molecule has 2 aromatic carbocycles. The predicted molar refractivity (Wildman–Crippen MR) is 76.9 cm³/mol. The number of benzene rings is 2. The summed E-state index contributed by atoms with van der Waals surface area (Å²) in [6, 6.07) is 11.6. The van der Waals surface area contributed by atoms with Gasteiger partial charge < -0.3 is 9.63 Å². The molecule has 0 aliphatic carbocycles. The summed E-state index contributed by atoms with van der Waals surface area (Å²) in [6.07, 6.45) is 0. The molecule has 1 aromatic heterocycles. The molecule has 3 rings (SSSR count). The van der Waals surface area contributed by atoms with Crippen molar-refractivity contribution < 1.29 is 9.63 Å². The Morgan fingerprint density at radius 1 is 0.900 bits per heavy atom. The molecule has 3 aromatic rings. The van der Waals surface area contributed by atoms with Crippen LogP contribution in [0.1, 0.15) is 0 Å². The van der Waals surface area contributed by atoms with Gasteiger partial charge in [-0.15, -0.1) is 0 Å². The number of hydrogen-bond acceptors (Lipinski definition) is 4. The largest absolute Gasteiger partial charge is 0.508 e. The average Bonchev–Trinajstić information content (AvgIpc) is 2.92. The zero-order valence-corrected chi connectivity index (χ0v) is 11.6. The summed E-state index contributed by atoms with van der Waals surface area (Å²) in [5.74, 6) is 0.968. The number of aromatic hydroxyl groups is 1. The topological polar surface area (TPSA) is 59.2 Å². The van der Waals surface area contributed by atoms with E-state index < -0.39 is 0 Å². The fourth-order valence-electron chi connectivity index (χ4n) is 1.70. The molecular weight excluding hydrogens is 299 g/mol. The molecule has 0 amide bonds. The molecule has 0 aliphatic heterocycles. The van der Waals surface area contributed by atoms with Crippen LogP contribution in [0, 0.1) is 0 Å². The lowest BCUT2D eigenvalue weighted by molar-refractivity contribution is 0.432. The molecule has 0 bridgehead atoms. The van der Waals surface area contributed by atoms with E-state index in [2.05, 4.69) is 10.1 Å². The molecule has 0 aliphatic rings. The highest BCUT2D eigenvalue weighted by Crippen LogP contribution is 2.28. The Hall–Kier alpha value is -2.04. The van der Waals surface area contributed by atoms with Crippen molar-refractivity contribution in [1.82, 2.24) is 10.1 Å². The number of phenolic OH excluding ortho intramolecular Hbond substituents is 1. The van der Waals surface area contributed by atoms with Crippen LogP contribution in [0.25, 0.3) is 22.8 Å². The quantitative estimate of drug-likeness (QED) is 0.761. The smallest absolute Gasteiger partial charge is 0.258 e. The molecule has 0 radical (unpaired) electrons. The Morgan fingerprint density at radius 2 is 1.60 bits per heavy atom. The molecule has 0 atom stereocenters. The standard InChI is InChI=1S/C14H8Cl2N2O2/c15-11-6-3-9(7-12(11)16)13-17-14(20-18-13)8-1-4-10(19)5-2-8/h1-7,19H. The summed E-state index contributed by atoms with van der Waals surface area (Å²) >= 11 is 11.8. The average molecular weight is 307 g/mol. The van der Waals surface area contributed by atoms with Crippen LogP contribution in [0.2, 0.25) is 10.0 Å². The number of nitrogens with zero attached hydrogens (tertiary/aromatic N) is 2. The predicted octanol–water partition coefficient (Wildman–Crippen LogP) is 4.42. The van der Waals surface area contributed by atoms with Gasteiger partial charge in [-0.1, -0.05) is 28.4 Å². The summed E-state index contributed by atoms with van der Waals surface area (Å²) < 4.78 is 5.20. The molecule has 1 heterocycles. The van der Waals surface area contributed by atoms with Gasteiger partial charge in [-0.3, -0.25) is 0 Å². The first kappa shape index (κ1) is 13.0. The Balaban J connectivity index is 1.97. The van der Waals surface area contributed by atoms with Crippen LogP contribution < -0.4 is 0 Å². The molecule has 100 valence electrons. The van der Waals surface area contributed by atoms with Gasteiger partial charge in [-0.05, 0) is 42.5 Å². The summed E-state index contributed by atoms with van der Waals surface area (Å²) in [7, 11) is 0. The van der Waals surface area contributed by atoms with E-state index >= 15 is 0 Å². The van der Waals surface area contributed by atoms with Gasteiger partial charge in [0.15, 0.2) is 0 Å². The van der Waals surface area contributed by atoms with Crippen LogP contribution in [0.3, 0.4) is 0 Å². The Kier molecular flexibility index (Phi) is 3.34. The zero-order valence-electron chi connectivity index (χ0n) is 10.0. The van der Waals surface area contributed by atoms with Crippen LogP contribution in [0.5, 0.6) is 5.75 Å². The second-order valence-corrected chi connectivity index (χ2v) is 4.91. The summed E-state index contributed by atoms with van der Waals surface area (Å²) in [4.78, 5) is 4.29. The fraction of sp³-hybridized carbons (Fsp3) is 0. The molecule has 0 unspecified atom stereocenters. The van der Waals surface area contributed by atoms with Crippen molar-refractivity contribution in [3.05, 3.63) is 52.5 Å². The lowest BCUT2D eigenvalue weighted by atomic mass is 10.2. The van der Waals surface area contributed by atoms with Gasteiger partial charge in [0.25, 0.3) is 5.89 Å². The first-order valence-corrected chi connectivity index (χ1v) is 6.47. The summed E-state index contributed by atoms with van der Waals surface area (Å²) in [6.45, 7) is 0. The molecule has 20 heavy (non-hydrogen) atoms. The minimum Gasteiger partial charge on any atom is -0.508 e. The Labute approximate surface area is 124 Å². The van der Waals surface area contributed by atoms with Gasteiger partial charge in [-0.25, -0.2) is 0 Å². The maximum absolute atomic E-state index is 9.25. The van der Waals surface area contributed by atoms with Gasteiger partial charge in [0, 0.05) is 11.1 Å². The first-order chi connectivity index (χ1) is 9.63. The molecule has 1 N–H and O–H groups in total. The molecule has 0 saturated heterocycles. The van der Waals surface area contributed by atoms with E-state index in [4.69, 9.17) is 27.7 Å². The molecule has 4 nitrogen and oxygen atoms in total. The van der Waals surface area contributed by atoms with Crippen molar-refractivity contribution in [2.24, 2.45) is 0 Å². The van der Waals surface area contributed by atoms with Crippen molar-refractivity contribution in [1.29, 1.82) is 0 Å². The molecular formula is C14H8Cl2N2O2. The fourth-order valence-corrected chi connectivity index (χ4v) is 2.00. The van der Waals surface area contributed by atoms with E-state index in [9.17, 15) is 5.11 Å². The Morgan fingerprint density at radius 3 is 2.30 bits per heavy atom. The van der Waals surface area contributed by atoms with E-state index in [1.807, 2.05) is 0 Å². The zero-order chi connectivity index (χ0) is 14.1. The highest BCUT2D eigenvalue weighted by Gasteiger charge is 2.11. The number of phenols is 1. The van der Waals surface area contributed by atoms with Crippen molar-refractivity contribution in [3.8, 4) is 28.6 Å². The molecule has 6 heteroatoms. The van der Waals surface area contributed by atoms with E-state index in [0.717, 1.165) is 5.56 Å². The van der Waals surface area contributed by atoms with Crippen molar-refractivity contribution in [2.45, 2.75) is 0 Å². The third-order valence-corrected chi connectivity index (χ3v) is 3.46. The van der Waals surface area contributed by atoms with Crippen molar-refractivity contribution in [2.75, 3.05) is 0 Å². The summed E-state index contributed by atoms with van der Waals surface area (Å²) in [5, 5.41) is 14.1. The third kappa shape index (κ3) is 2.48. The van der Waals surface area contributed by atoms with E-state index in [-0.39, 0.29) is 5.75 Å². The molecule has 0 spiro atoms. The van der Waals surface area contributed by atoms with Gasteiger partial charge in [0.2, 0.25) is 5.82 Å². The van der Waals surface area contributed by atoms with Crippen LogP contribution >= 0.6 is 23.2 Å². The van der Waals surface area contributed by atoms with Gasteiger partial charge in [0.05, 0.1) is 10.0 Å². The second-order valence-electron chi connectivity index (χ2n) is 4.10. The second kappa shape index (κ2) is 5.15. The van der Waals surface area contributed by atoms with Crippen molar-refractivity contribution >= 4 is 23.2 Å². The number of rotatable bonds is 2. The minimum atomic E-state index is 0.179. The Bertz CT molecular complexity index is 754. The number of aromatic nitrogens is 2. The number of hydrogen-bond donors (Lipinski definition) is 1. The van der Waals surface area contributed by atoms with Crippen LogP contribution in [0.15, 0.2) is 47.0 Å². The van der Waals surface area contributed by atoms with Gasteiger partial charge in [0.1, 0.15) is 5.75 Å². The van der Waals surface area contributed by atoms with Crippen molar-refractivity contribution in [3.63, 3.8) is 0 Å². The van der Waals surface area contributed by atoms with E-state index in [0.29, 0.717) is 27.3 Å². The van der Waals surface area contributed by atoms with Crippen LogP contribution in [0.4, 0.5) is 0 Å². The molecule has 0 saturated carbocycles. The normalized spacial score (nSPS) is 10.7. The van der Waals surface area contributed by atoms with E-state index in [1.54, 1.807) is 42.5 Å². The lowest BCUT2D eigenvalue weighted by Gasteiger charge is -1.97. The van der Waals surface area contributed by atoms with Gasteiger partial charge >= 0.3 is 0 Å². The highest BCUT2D eigenvalue weighted by atomic mass is 35.5. The SMILES string of the molecule is Oc1ccc(-c2nc(-c3ccc(Cl)c(Cl)c3)no2)cc1. The van der Waals surface area contributed by atoms with Gasteiger partial charge in [-0.2, -0.15) is 4.98 Å². The number of halogens is 2. The lowest BCUT2D eigenvalue weighted by Crippen LogP contribution is -1.82.